The Morgan fingerprint density at radius 3 is 2.30 bits per heavy atom. The minimum Gasteiger partial charge on any atom is -0.497 e. The molecule has 3 N–H and O–H groups in total. The van der Waals surface area contributed by atoms with Gasteiger partial charge in [0.05, 0.1) is 28.1 Å². The van der Waals surface area contributed by atoms with E-state index in [1.54, 1.807) is 31.4 Å². The number of ketones is 1. The lowest BCUT2D eigenvalue weighted by molar-refractivity contribution is -0.119. The fourth-order valence-corrected chi connectivity index (χ4v) is 4.91. The van der Waals surface area contributed by atoms with Crippen LogP contribution in [-0.4, -0.2) is 21.3 Å². The van der Waals surface area contributed by atoms with Crippen LogP contribution < -0.4 is 15.2 Å². The summed E-state index contributed by atoms with van der Waals surface area (Å²) < 4.78 is 28.4. The Kier molecular flexibility index (Phi) is 8.39. The zero-order valence-corrected chi connectivity index (χ0v) is 22.4. The van der Waals surface area contributed by atoms with Gasteiger partial charge in [-0.2, -0.15) is 0 Å². The number of methoxy groups -OCH3 is 1. The molecule has 0 radical (unpaired) electrons. The molecule has 0 heterocycles. The molecule has 192 valence electrons. The van der Waals surface area contributed by atoms with Crippen LogP contribution in [0.1, 0.15) is 30.0 Å². The van der Waals surface area contributed by atoms with Crippen LogP contribution in [0.2, 0.25) is 10.0 Å². The molecule has 37 heavy (non-hydrogen) atoms. The van der Waals surface area contributed by atoms with Crippen LogP contribution in [0.4, 0.5) is 5.69 Å². The first-order valence-corrected chi connectivity index (χ1v) is 13.9. The van der Waals surface area contributed by atoms with E-state index in [0.717, 1.165) is 27.6 Å². The minimum absolute atomic E-state index is 0.00837. The van der Waals surface area contributed by atoms with Crippen LogP contribution in [0, 0.1) is 0 Å². The normalized spacial score (nSPS) is 12.3. The standard InChI is InChI=1S/C28H26Cl2N2O4S/c1-36-24-10-5-19-14-18(2-4-20(19)15-24)3-9-23(33)17-28(21-6-13-26(29)27(30)16-21)32-22-7-11-25(12-8-22)37(31,34)35/h2,4-8,10-16,28,32H,3,9,17H2,1H3,(H2,31,34,35). The number of hydrogen-bond donors (Lipinski definition) is 2. The fourth-order valence-electron chi connectivity index (χ4n) is 4.09. The van der Waals surface area contributed by atoms with Crippen LogP contribution in [0.15, 0.2) is 83.8 Å². The van der Waals surface area contributed by atoms with Crippen LogP contribution in [0.5, 0.6) is 5.75 Å². The molecule has 9 heteroatoms. The number of anilines is 1. The highest BCUT2D eigenvalue weighted by atomic mass is 35.5. The van der Waals surface area contributed by atoms with Gasteiger partial charge in [0.1, 0.15) is 11.5 Å². The second-order valence-corrected chi connectivity index (χ2v) is 11.1. The summed E-state index contributed by atoms with van der Waals surface area (Å²) in [6, 6.07) is 22.9. The third-order valence-electron chi connectivity index (χ3n) is 6.11. The molecule has 4 aromatic carbocycles. The lowest BCUT2D eigenvalue weighted by Crippen LogP contribution is -2.16. The molecule has 0 spiro atoms. The number of benzene rings is 4. The second-order valence-electron chi connectivity index (χ2n) is 8.73. The number of hydrogen-bond acceptors (Lipinski definition) is 5. The molecule has 0 saturated heterocycles. The van der Waals surface area contributed by atoms with Crippen molar-refractivity contribution in [2.45, 2.75) is 30.2 Å². The maximum absolute atomic E-state index is 13.1. The van der Waals surface area contributed by atoms with Gasteiger partial charge in [0.25, 0.3) is 0 Å². The van der Waals surface area contributed by atoms with Crippen molar-refractivity contribution in [2.75, 3.05) is 12.4 Å². The van der Waals surface area contributed by atoms with Gasteiger partial charge in [0.15, 0.2) is 0 Å². The van der Waals surface area contributed by atoms with E-state index in [-0.39, 0.29) is 17.1 Å². The summed E-state index contributed by atoms with van der Waals surface area (Å²) in [6.07, 6.45) is 1.18. The number of halogens is 2. The Hall–Kier alpha value is -3.10. The molecule has 4 aromatic rings. The molecule has 0 aliphatic heterocycles. The first kappa shape index (κ1) is 26.9. The number of fused-ring (bicyclic) bond motifs is 1. The molecular formula is C28H26Cl2N2O4S. The quantitative estimate of drug-likeness (QED) is 0.231. The molecule has 1 atom stereocenters. The van der Waals surface area contributed by atoms with E-state index in [4.69, 9.17) is 33.1 Å². The number of nitrogens with one attached hydrogen (secondary N) is 1. The third kappa shape index (κ3) is 7.02. The molecule has 6 nitrogen and oxygen atoms in total. The highest BCUT2D eigenvalue weighted by molar-refractivity contribution is 7.89. The van der Waals surface area contributed by atoms with Gasteiger partial charge in [0, 0.05) is 18.5 Å². The van der Waals surface area contributed by atoms with Gasteiger partial charge >= 0.3 is 0 Å². The van der Waals surface area contributed by atoms with E-state index in [1.165, 1.54) is 12.1 Å². The largest absolute Gasteiger partial charge is 0.497 e. The third-order valence-corrected chi connectivity index (χ3v) is 7.77. The maximum Gasteiger partial charge on any atom is 0.238 e. The molecule has 0 amide bonds. The number of primary sulfonamides is 1. The summed E-state index contributed by atoms with van der Waals surface area (Å²) in [5.41, 5.74) is 2.50. The average molecular weight is 557 g/mol. The van der Waals surface area contributed by atoms with E-state index < -0.39 is 16.1 Å². The number of carbonyl (C=O) groups is 1. The Labute approximate surface area is 226 Å². The van der Waals surface area contributed by atoms with Gasteiger partial charge in [-0.05, 0) is 76.9 Å². The zero-order valence-electron chi connectivity index (χ0n) is 20.1. The first-order valence-electron chi connectivity index (χ1n) is 11.5. The lowest BCUT2D eigenvalue weighted by atomic mass is 9.97. The van der Waals surface area contributed by atoms with Crippen LogP contribution in [0.3, 0.4) is 0 Å². The van der Waals surface area contributed by atoms with Crippen molar-refractivity contribution in [1.29, 1.82) is 0 Å². The Morgan fingerprint density at radius 1 is 0.919 bits per heavy atom. The number of carbonyl (C=O) groups excluding carboxylic acids is 1. The summed E-state index contributed by atoms with van der Waals surface area (Å²) >= 11 is 12.3. The molecule has 0 bridgehead atoms. The molecule has 0 fully saturated rings. The summed E-state index contributed by atoms with van der Waals surface area (Å²) in [5, 5.41) is 11.5. The van der Waals surface area contributed by atoms with Gasteiger partial charge in [-0.1, -0.05) is 53.5 Å². The monoisotopic (exact) mass is 556 g/mol. The van der Waals surface area contributed by atoms with Crippen molar-refractivity contribution in [3.05, 3.63) is 100 Å². The SMILES string of the molecule is COc1ccc2cc(CCC(=O)CC(Nc3ccc(S(N)(=O)=O)cc3)c3ccc(Cl)c(Cl)c3)ccc2c1. The second kappa shape index (κ2) is 11.5. The van der Waals surface area contributed by atoms with Gasteiger partial charge in [-0.25, -0.2) is 13.6 Å². The van der Waals surface area contributed by atoms with E-state index >= 15 is 0 Å². The van der Waals surface area contributed by atoms with Crippen molar-refractivity contribution in [3.63, 3.8) is 0 Å². The molecular weight excluding hydrogens is 531 g/mol. The Balaban J connectivity index is 1.48. The highest BCUT2D eigenvalue weighted by Crippen LogP contribution is 2.30. The molecule has 0 aromatic heterocycles. The smallest absolute Gasteiger partial charge is 0.238 e. The molecule has 1 unspecified atom stereocenters. The van der Waals surface area contributed by atoms with E-state index in [2.05, 4.69) is 11.4 Å². The van der Waals surface area contributed by atoms with Crippen molar-refractivity contribution < 1.29 is 17.9 Å². The fraction of sp³-hybridized carbons (Fsp3) is 0.179. The summed E-state index contributed by atoms with van der Waals surface area (Å²) in [4.78, 5) is 13.1. The predicted octanol–water partition coefficient (Wildman–Crippen LogP) is 6.55. The maximum atomic E-state index is 13.1. The molecule has 0 saturated carbocycles. The van der Waals surface area contributed by atoms with Crippen LogP contribution in [-0.2, 0) is 21.2 Å². The van der Waals surface area contributed by atoms with E-state index in [1.807, 2.05) is 36.4 Å². The van der Waals surface area contributed by atoms with Gasteiger partial charge in [-0.15, -0.1) is 0 Å². The lowest BCUT2D eigenvalue weighted by Gasteiger charge is -2.21. The van der Waals surface area contributed by atoms with E-state index in [9.17, 15) is 13.2 Å². The molecule has 0 aliphatic rings. The van der Waals surface area contributed by atoms with E-state index in [0.29, 0.717) is 28.6 Å². The van der Waals surface area contributed by atoms with Gasteiger partial charge in [-0.3, -0.25) is 4.79 Å². The van der Waals surface area contributed by atoms with Crippen molar-refractivity contribution in [2.24, 2.45) is 5.14 Å². The number of sulfonamides is 1. The van der Waals surface area contributed by atoms with Crippen LogP contribution in [0.25, 0.3) is 10.8 Å². The first-order chi connectivity index (χ1) is 17.6. The number of nitrogens with two attached hydrogens (primary N) is 1. The highest BCUT2D eigenvalue weighted by Gasteiger charge is 2.18. The van der Waals surface area contributed by atoms with Gasteiger partial charge in [0.2, 0.25) is 10.0 Å². The zero-order chi connectivity index (χ0) is 26.6. The van der Waals surface area contributed by atoms with Crippen molar-refractivity contribution >= 4 is 55.5 Å². The summed E-state index contributed by atoms with van der Waals surface area (Å²) in [7, 11) is -2.16. The summed E-state index contributed by atoms with van der Waals surface area (Å²) in [5.74, 6) is 0.870. The number of aryl methyl sites for hydroxylation is 1. The number of rotatable bonds is 10. The Morgan fingerprint density at radius 2 is 1.62 bits per heavy atom. The predicted molar refractivity (Wildman–Crippen MR) is 149 cm³/mol. The average Bonchev–Trinajstić information content (AvgIpc) is 2.88. The van der Waals surface area contributed by atoms with Crippen molar-refractivity contribution in [3.8, 4) is 5.75 Å². The topological polar surface area (TPSA) is 98.5 Å². The summed E-state index contributed by atoms with van der Waals surface area (Å²) in [6.45, 7) is 0. The molecule has 0 aliphatic carbocycles. The number of ether oxygens (including phenoxy) is 1. The minimum atomic E-state index is -3.80. The Bertz CT molecular complexity index is 1540. The van der Waals surface area contributed by atoms with Crippen molar-refractivity contribution in [1.82, 2.24) is 0 Å². The molecule has 4 rings (SSSR count). The van der Waals surface area contributed by atoms with Crippen LogP contribution >= 0.6 is 23.2 Å². The number of Topliss-reactive ketones (excluding diaryl/α,β-unsaturated/α-hetero) is 1. The van der Waals surface area contributed by atoms with Gasteiger partial charge < -0.3 is 10.1 Å².